The predicted molar refractivity (Wildman–Crippen MR) is 67.7 cm³/mol. The van der Waals surface area contributed by atoms with Crippen LogP contribution in [0.4, 0.5) is 0 Å². The zero-order chi connectivity index (χ0) is 10.8. The molecule has 0 spiro atoms. The van der Waals surface area contributed by atoms with Crippen molar-refractivity contribution < 1.29 is 0 Å². The van der Waals surface area contributed by atoms with Crippen LogP contribution in [0.15, 0.2) is 24.3 Å². The summed E-state index contributed by atoms with van der Waals surface area (Å²) < 4.78 is 0. The monoisotopic (exact) mass is 215 g/mol. The Morgan fingerprint density at radius 1 is 1.19 bits per heavy atom. The lowest BCUT2D eigenvalue weighted by atomic mass is 9.77. The van der Waals surface area contributed by atoms with E-state index in [2.05, 4.69) is 29.6 Å². The highest BCUT2D eigenvalue weighted by Gasteiger charge is 2.24. The summed E-state index contributed by atoms with van der Waals surface area (Å²) in [4.78, 5) is 0. The minimum Gasteiger partial charge on any atom is -0.316 e. The fraction of sp³-hybridized carbons (Fsp3) is 0.600. The van der Waals surface area contributed by atoms with Gasteiger partial charge in [-0.05, 0) is 36.4 Å². The predicted octanol–water partition coefficient (Wildman–Crippen LogP) is 3.11. The summed E-state index contributed by atoms with van der Waals surface area (Å²) in [5, 5.41) is 3.63. The summed E-state index contributed by atoms with van der Waals surface area (Å²) in [6.45, 7) is 2.41. The third kappa shape index (κ3) is 2.01. The fourth-order valence-electron chi connectivity index (χ4n) is 2.91. The van der Waals surface area contributed by atoms with E-state index in [1.54, 1.807) is 11.1 Å². The Hall–Kier alpha value is -0.820. The van der Waals surface area contributed by atoms with Crippen molar-refractivity contribution in [2.45, 2.75) is 38.0 Å². The first-order valence-corrected chi connectivity index (χ1v) is 6.72. The van der Waals surface area contributed by atoms with Crippen LogP contribution in [-0.4, -0.2) is 13.1 Å². The maximum absolute atomic E-state index is 3.63. The first-order chi connectivity index (χ1) is 7.93. The Labute approximate surface area is 98.3 Å². The molecule has 1 fully saturated rings. The van der Waals surface area contributed by atoms with E-state index in [1.165, 1.54) is 45.2 Å². The second kappa shape index (κ2) is 4.58. The van der Waals surface area contributed by atoms with Gasteiger partial charge in [-0.1, -0.05) is 43.5 Å². The second-order valence-corrected chi connectivity index (χ2v) is 5.39. The van der Waals surface area contributed by atoms with Crippen molar-refractivity contribution >= 4 is 0 Å². The smallest absolute Gasteiger partial charge is 0.00234 e. The van der Waals surface area contributed by atoms with Crippen molar-refractivity contribution in [2.24, 2.45) is 5.92 Å². The van der Waals surface area contributed by atoms with Gasteiger partial charge < -0.3 is 5.32 Å². The number of hydrogen-bond donors (Lipinski definition) is 1. The van der Waals surface area contributed by atoms with Gasteiger partial charge in [-0.2, -0.15) is 0 Å². The van der Waals surface area contributed by atoms with Crippen LogP contribution in [0.25, 0.3) is 0 Å². The second-order valence-electron chi connectivity index (χ2n) is 5.39. The molecule has 0 amide bonds. The highest BCUT2D eigenvalue weighted by molar-refractivity contribution is 5.40. The topological polar surface area (TPSA) is 12.0 Å². The van der Waals surface area contributed by atoms with E-state index in [0.29, 0.717) is 0 Å². The molecule has 1 nitrogen and oxygen atoms in total. The van der Waals surface area contributed by atoms with Crippen molar-refractivity contribution in [1.29, 1.82) is 0 Å². The molecule has 0 radical (unpaired) electrons. The Bertz CT molecular complexity index is 354. The van der Waals surface area contributed by atoms with Crippen molar-refractivity contribution in [3.63, 3.8) is 0 Å². The van der Waals surface area contributed by atoms with Gasteiger partial charge in [0.2, 0.25) is 0 Å². The molecule has 0 aliphatic heterocycles. The van der Waals surface area contributed by atoms with Gasteiger partial charge in [-0.3, -0.25) is 0 Å². The molecule has 0 bridgehead atoms. The Balaban J connectivity index is 1.38. The minimum atomic E-state index is 0.789. The van der Waals surface area contributed by atoms with Crippen molar-refractivity contribution in [2.75, 3.05) is 13.1 Å². The van der Waals surface area contributed by atoms with Gasteiger partial charge in [0, 0.05) is 12.5 Å². The molecule has 1 N–H and O–H groups in total. The molecule has 1 heteroatoms. The van der Waals surface area contributed by atoms with E-state index < -0.39 is 0 Å². The van der Waals surface area contributed by atoms with Gasteiger partial charge in [0.05, 0.1) is 0 Å². The lowest BCUT2D eigenvalue weighted by Crippen LogP contribution is -2.30. The summed E-state index contributed by atoms with van der Waals surface area (Å²) in [6.07, 6.45) is 7.11. The zero-order valence-corrected chi connectivity index (χ0v) is 9.91. The molecule has 1 aromatic carbocycles. The Morgan fingerprint density at radius 3 is 2.81 bits per heavy atom. The van der Waals surface area contributed by atoms with E-state index >= 15 is 0 Å². The quantitative estimate of drug-likeness (QED) is 0.744. The molecular formula is C15H21N. The summed E-state index contributed by atoms with van der Waals surface area (Å²) in [5.41, 5.74) is 3.15. The third-order valence-electron chi connectivity index (χ3n) is 4.31. The standard InChI is InChI=1S/C15H21N/c1-2-7-15-13(6-1)10-14(15)11-16-9-8-12-4-3-5-12/h1-2,6-7,12,14,16H,3-5,8-11H2. The minimum absolute atomic E-state index is 0.789. The normalized spacial score (nSPS) is 23.4. The molecule has 1 unspecified atom stereocenters. The molecule has 1 atom stereocenters. The van der Waals surface area contributed by atoms with Crippen molar-refractivity contribution in [3.05, 3.63) is 35.4 Å². The number of benzene rings is 1. The molecule has 1 aromatic rings. The van der Waals surface area contributed by atoms with Crippen LogP contribution in [0.3, 0.4) is 0 Å². The lowest BCUT2D eigenvalue weighted by Gasteiger charge is -2.31. The molecular weight excluding hydrogens is 194 g/mol. The molecule has 2 aliphatic rings. The first-order valence-electron chi connectivity index (χ1n) is 6.72. The Morgan fingerprint density at radius 2 is 2.06 bits per heavy atom. The number of nitrogens with one attached hydrogen (secondary N) is 1. The maximum Gasteiger partial charge on any atom is 0.00234 e. The van der Waals surface area contributed by atoms with E-state index in [1.807, 2.05) is 0 Å². The van der Waals surface area contributed by atoms with E-state index in [0.717, 1.165) is 11.8 Å². The molecule has 0 saturated heterocycles. The number of rotatable bonds is 5. The molecule has 1 saturated carbocycles. The summed E-state index contributed by atoms with van der Waals surface area (Å²) in [6, 6.07) is 8.87. The van der Waals surface area contributed by atoms with Crippen LogP contribution in [0.1, 0.15) is 42.7 Å². The van der Waals surface area contributed by atoms with Gasteiger partial charge >= 0.3 is 0 Å². The fourth-order valence-corrected chi connectivity index (χ4v) is 2.91. The number of fused-ring (bicyclic) bond motifs is 1. The van der Waals surface area contributed by atoms with Crippen LogP contribution < -0.4 is 5.32 Å². The highest BCUT2D eigenvalue weighted by Crippen LogP contribution is 2.34. The number of hydrogen-bond acceptors (Lipinski definition) is 1. The van der Waals surface area contributed by atoms with Crippen LogP contribution in [0.5, 0.6) is 0 Å². The van der Waals surface area contributed by atoms with Gasteiger partial charge in [0.25, 0.3) is 0 Å². The van der Waals surface area contributed by atoms with E-state index in [-0.39, 0.29) is 0 Å². The molecule has 86 valence electrons. The van der Waals surface area contributed by atoms with Gasteiger partial charge in [-0.15, -0.1) is 0 Å². The van der Waals surface area contributed by atoms with Gasteiger partial charge in [-0.25, -0.2) is 0 Å². The molecule has 0 heterocycles. The van der Waals surface area contributed by atoms with Crippen LogP contribution in [0.2, 0.25) is 0 Å². The van der Waals surface area contributed by atoms with Crippen LogP contribution >= 0.6 is 0 Å². The average molecular weight is 215 g/mol. The third-order valence-corrected chi connectivity index (χ3v) is 4.31. The average Bonchev–Trinajstić information content (AvgIpc) is 2.21. The molecule has 2 aliphatic carbocycles. The molecule has 16 heavy (non-hydrogen) atoms. The summed E-state index contributed by atoms with van der Waals surface area (Å²) in [7, 11) is 0. The largest absolute Gasteiger partial charge is 0.316 e. The van der Waals surface area contributed by atoms with Crippen LogP contribution in [0, 0.1) is 5.92 Å². The molecule has 3 rings (SSSR count). The Kier molecular flexibility index (Phi) is 2.96. The van der Waals surface area contributed by atoms with Gasteiger partial charge in [0.15, 0.2) is 0 Å². The molecule has 0 aromatic heterocycles. The van der Waals surface area contributed by atoms with Crippen LogP contribution in [-0.2, 0) is 6.42 Å². The van der Waals surface area contributed by atoms with Gasteiger partial charge in [0.1, 0.15) is 0 Å². The summed E-state index contributed by atoms with van der Waals surface area (Å²) in [5.74, 6) is 1.83. The van der Waals surface area contributed by atoms with Crippen molar-refractivity contribution in [3.8, 4) is 0 Å². The highest BCUT2D eigenvalue weighted by atomic mass is 14.9. The maximum atomic E-state index is 3.63. The van der Waals surface area contributed by atoms with Crippen molar-refractivity contribution in [1.82, 2.24) is 5.32 Å². The zero-order valence-electron chi connectivity index (χ0n) is 9.91. The SMILES string of the molecule is c1ccc2c(c1)CC2CNCCC1CCC1. The lowest BCUT2D eigenvalue weighted by molar-refractivity contribution is 0.291. The first kappa shape index (κ1) is 10.3. The van der Waals surface area contributed by atoms with E-state index in [9.17, 15) is 0 Å². The van der Waals surface area contributed by atoms with E-state index in [4.69, 9.17) is 0 Å². The summed E-state index contributed by atoms with van der Waals surface area (Å²) >= 11 is 0.